The Kier molecular flexibility index (Phi) is 4.42. The molecule has 0 heterocycles. The highest BCUT2D eigenvalue weighted by atomic mass is 32.1. The quantitative estimate of drug-likeness (QED) is 0.836. The van der Waals surface area contributed by atoms with E-state index >= 15 is 0 Å². The lowest BCUT2D eigenvalue weighted by Crippen LogP contribution is -2.17. The molecule has 0 unspecified atom stereocenters. The molecule has 0 aliphatic heterocycles. The molecule has 0 aliphatic carbocycles. The molecule has 2 aromatic carbocycles. The van der Waals surface area contributed by atoms with Gasteiger partial charge in [0.15, 0.2) is 0 Å². The van der Waals surface area contributed by atoms with E-state index < -0.39 is 18.0 Å². The van der Waals surface area contributed by atoms with Crippen LogP contribution in [-0.4, -0.2) is 12.3 Å². The van der Waals surface area contributed by atoms with Crippen molar-refractivity contribution in [3.63, 3.8) is 0 Å². The van der Waals surface area contributed by atoms with Crippen LogP contribution in [-0.2, 0) is 0 Å². The number of carbonyl (C=O) groups excluding carboxylic acids is 1. The molecule has 0 saturated carbocycles. The molecule has 21 heavy (non-hydrogen) atoms. The van der Waals surface area contributed by atoms with Gasteiger partial charge in [-0.25, -0.2) is 0 Å². The first-order chi connectivity index (χ1) is 9.83. The fraction of sp³-hybridized carbons (Fsp3) is 0.0714. The second kappa shape index (κ2) is 6.09. The summed E-state index contributed by atoms with van der Waals surface area (Å²) >= 11 is 4.11. The summed E-state index contributed by atoms with van der Waals surface area (Å²) in [6.07, 6.45) is -4.77. The van der Waals surface area contributed by atoms with E-state index in [4.69, 9.17) is 0 Å². The van der Waals surface area contributed by atoms with Gasteiger partial charge in [0.05, 0.1) is 0 Å². The highest BCUT2D eigenvalue weighted by Crippen LogP contribution is 2.25. The molecule has 7 heteroatoms. The molecular weight excluding hydrogens is 303 g/mol. The van der Waals surface area contributed by atoms with Gasteiger partial charge in [-0.05, 0) is 30.3 Å². The fourth-order valence-electron chi connectivity index (χ4n) is 1.62. The van der Waals surface area contributed by atoms with Crippen LogP contribution in [0.2, 0.25) is 0 Å². The van der Waals surface area contributed by atoms with Gasteiger partial charge in [-0.15, -0.1) is 25.8 Å². The Labute approximate surface area is 124 Å². The number of rotatable bonds is 3. The highest BCUT2D eigenvalue weighted by molar-refractivity contribution is 7.80. The Bertz CT molecular complexity index is 659. The Morgan fingerprint density at radius 2 is 1.81 bits per heavy atom. The maximum Gasteiger partial charge on any atom is 0.573 e. The lowest BCUT2D eigenvalue weighted by Gasteiger charge is -2.11. The number of anilines is 1. The van der Waals surface area contributed by atoms with Crippen molar-refractivity contribution >= 4 is 24.2 Å². The number of ether oxygens (including phenoxy) is 1. The molecule has 2 rings (SSSR count). The largest absolute Gasteiger partial charge is 0.573 e. The first kappa shape index (κ1) is 15.2. The molecule has 1 amide bonds. The molecule has 1 N–H and O–H groups in total. The Morgan fingerprint density at radius 1 is 1.10 bits per heavy atom. The molecule has 0 bridgehead atoms. The van der Waals surface area contributed by atoms with Crippen molar-refractivity contribution in [2.24, 2.45) is 0 Å². The molecule has 0 aromatic heterocycles. The second-order valence-corrected chi connectivity index (χ2v) is 4.60. The lowest BCUT2D eigenvalue weighted by atomic mass is 10.2. The zero-order valence-corrected chi connectivity index (χ0v) is 11.4. The van der Waals surface area contributed by atoms with E-state index in [0.717, 1.165) is 12.1 Å². The highest BCUT2D eigenvalue weighted by Gasteiger charge is 2.31. The number of hydrogen-bond acceptors (Lipinski definition) is 3. The monoisotopic (exact) mass is 313 g/mol. The molecule has 3 nitrogen and oxygen atoms in total. The first-order valence-corrected chi connectivity index (χ1v) is 6.24. The Hall–Kier alpha value is -2.15. The van der Waals surface area contributed by atoms with Crippen LogP contribution in [0, 0.1) is 0 Å². The fourth-order valence-corrected chi connectivity index (χ4v) is 1.85. The average molecular weight is 313 g/mol. The van der Waals surface area contributed by atoms with Gasteiger partial charge in [0.25, 0.3) is 5.91 Å². The predicted molar refractivity (Wildman–Crippen MR) is 74.8 cm³/mol. The van der Waals surface area contributed by atoms with Crippen LogP contribution in [0.25, 0.3) is 0 Å². The average Bonchev–Trinajstić information content (AvgIpc) is 2.37. The third-order valence-corrected chi connectivity index (χ3v) is 2.71. The molecule has 0 fully saturated rings. The van der Waals surface area contributed by atoms with Crippen molar-refractivity contribution in [2.75, 3.05) is 5.32 Å². The van der Waals surface area contributed by atoms with E-state index in [1.165, 1.54) is 12.1 Å². The van der Waals surface area contributed by atoms with Gasteiger partial charge in [0, 0.05) is 22.2 Å². The number of halogens is 3. The number of carbonyl (C=O) groups is 1. The van der Waals surface area contributed by atoms with Gasteiger partial charge >= 0.3 is 6.36 Å². The normalized spacial score (nSPS) is 11.0. The van der Waals surface area contributed by atoms with E-state index in [9.17, 15) is 18.0 Å². The van der Waals surface area contributed by atoms with Crippen molar-refractivity contribution in [2.45, 2.75) is 11.3 Å². The van der Waals surface area contributed by atoms with Gasteiger partial charge in [-0.2, -0.15) is 0 Å². The van der Waals surface area contributed by atoms with Crippen molar-refractivity contribution in [3.05, 3.63) is 54.1 Å². The summed E-state index contributed by atoms with van der Waals surface area (Å²) in [6.45, 7) is 0. The van der Waals surface area contributed by atoms with E-state index in [1.807, 2.05) is 0 Å². The minimum Gasteiger partial charge on any atom is -0.406 e. The number of nitrogens with one attached hydrogen (secondary N) is 1. The van der Waals surface area contributed by atoms with E-state index in [-0.39, 0.29) is 5.69 Å². The van der Waals surface area contributed by atoms with Crippen molar-refractivity contribution < 1.29 is 22.7 Å². The second-order valence-electron chi connectivity index (χ2n) is 4.08. The van der Waals surface area contributed by atoms with E-state index in [1.54, 1.807) is 24.3 Å². The summed E-state index contributed by atoms with van der Waals surface area (Å²) in [5.74, 6) is -0.849. The predicted octanol–water partition coefficient (Wildman–Crippen LogP) is 4.13. The Morgan fingerprint density at radius 3 is 2.48 bits per heavy atom. The summed E-state index contributed by atoms with van der Waals surface area (Å²) in [4.78, 5) is 12.6. The standard InChI is InChI=1S/C14H10F3NO2S/c15-14(16,17)20-11-5-2-4-10(8-11)18-13(19)9-3-1-6-12(21)7-9/h1-8,21H,(H,18,19). The maximum absolute atomic E-state index is 12.1. The van der Waals surface area contributed by atoms with Crippen LogP contribution in [0.4, 0.5) is 18.9 Å². The van der Waals surface area contributed by atoms with Crippen LogP contribution >= 0.6 is 12.6 Å². The third-order valence-electron chi connectivity index (χ3n) is 2.43. The number of thiol groups is 1. The van der Waals surface area contributed by atoms with Gasteiger partial charge < -0.3 is 10.1 Å². The molecule has 0 spiro atoms. The SMILES string of the molecule is O=C(Nc1cccc(OC(F)(F)F)c1)c1cccc(S)c1. The minimum atomic E-state index is -4.77. The van der Waals surface area contributed by atoms with E-state index in [0.29, 0.717) is 10.5 Å². The third kappa shape index (κ3) is 4.71. The van der Waals surface area contributed by atoms with Crippen LogP contribution in [0.5, 0.6) is 5.75 Å². The zero-order valence-electron chi connectivity index (χ0n) is 10.5. The molecule has 0 radical (unpaired) electrons. The molecular formula is C14H10F3NO2S. The number of hydrogen-bond donors (Lipinski definition) is 2. The minimum absolute atomic E-state index is 0.200. The van der Waals surface area contributed by atoms with Gasteiger partial charge in [-0.3, -0.25) is 4.79 Å². The molecule has 2 aromatic rings. The molecule has 110 valence electrons. The van der Waals surface area contributed by atoms with Crippen LogP contribution < -0.4 is 10.1 Å². The summed E-state index contributed by atoms with van der Waals surface area (Å²) in [5.41, 5.74) is 0.552. The summed E-state index contributed by atoms with van der Waals surface area (Å²) in [5, 5.41) is 2.49. The molecule has 0 atom stereocenters. The molecule has 0 saturated heterocycles. The maximum atomic E-state index is 12.1. The summed E-state index contributed by atoms with van der Waals surface area (Å²) < 4.78 is 40.2. The number of benzene rings is 2. The van der Waals surface area contributed by atoms with Crippen LogP contribution in [0.1, 0.15) is 10.4 Å². The van der Waals surface area contributed by atoms with Crippen molar-refractivity contribution in [1.82, 2.24) is 0 Å². The van der Waals surface area contributed by atoms with Crippen molar-refractivity contribution in [3.8, 4) is 5.75 Å². The van der Waals surface area contributed by atoms with Crippen LogP contribution in [0.15, 0.2) is 53.4 Å². The number of alkyl halides is 3. The van der Waals surface area contributed by atoms with Gasteiger partial charge in [0.1, 0.15) is 5.75 Å². The zero-order chi connectivity index (χ0) is 15.5. The molecule has 0 aliphatic rings. The van der Waals surface area contributed by atoms with Gasteiger partial charge in [0.2, 0.25) is 0 Å². The summed E-state index contributed by atoms with van der Waals surface area (Å²) in [7, 11) is 0. The summed E-state index contributed by atoms with van der Waals surface area (Å²) in [6, 6.07) is 11.5. The topological polar surface area (TPSA) is 38.3 Å². The smallest absolute Gasteiger partial charge is 0.406 e. The first-order valence-electron chi connectivity index (χ1n) is 5.80. The van der Waals surface area contributed by atoms with Crippen molar-refractivity contribution in [1.29, 1.82) is 0 Å². The van der Waals surface area contributed by atoms with E-state index in [2.05, 4.69) is 22.7 Å². The lowest BCUT2D eigenvalue weighted by molar-refractivity contribution is -0.274. The number of amides is 1. The van der Waals surface area contributed by atoms with Gasteiger partial charge in [-0.1, -0.05) is 12.1 Å². The van der Waals surface area contributed by atoms with Crippen LogP contribution in [0.3, 0.4) is 0 Å². The Balaban J connectivity index is 2.13.